The Morgan fingerprint density at radius 1 is 1.21 bits per heavy atom. The molecule has 2 aromatic carbocycles. The summed E-state index contributed by atoms with van der Waals surface area (Å²) >= 11 is 3.22. The molecule has 0 bridgehead atoms. The molecule has 0 saturated heterocycles. The molecule has 19 heavy (non-hydrogen) atoms. The van der Waals surface area contributed by atoms with Crippen LogP contribution in [0.4, 0.5) is 10.1 Å². The van der Waals surface area contributed by atoms with Gasteiger partial charge in [-0.1, -0.05) is 12.1 Å². The van der Waals surface area contributed by atoms with Gasteiger partial charge in [0.2, 0.25) is 0 Å². The summed E-state index contributed by atoms with van der Waals surface area (Å²) in [6.07, 6.45) is 0. The first-order valence-electron chi connectivity index (χ1n) is 5.79. The number of carbonyl (C=O) groups excluding carboxylic acids is 1. The first kappa shape index (κ1) is 13.7. The number of benzene rings is 2. The number of hydrogen-bond acceptors (Lipinski definition) is 1. The largest absolute Gasteiger partial charge is 0.311 e. The van der Waals surface area contributed by atoms with Gasteiger partial charge in [0.15, 0.2) is 0 Å². The van der Waals surface area contributed by atoms with Crippen LogP contribution < -0.4 is 4.90 Å². The standard InChI is InChI=1S/C15H13BrFNO/c1-10-4-3-5-12(8-10)18(2)15(19)13-7-6-11(17)9-14(13)16/h3-9H,1-2H3. The maximum Gasteiger partial charge on any atom is 0.259 e. The zero-order chi connectivity index (χ0) is 14.0. The molecule has 0 aliphatic carbocycles. The number of halogens is 2. The highest BCUT2D eigenvalue weighted by Crippen LogP contribution is 2.22. The predicted molar refractivity (Wildman–Crippen MR) is 78.0 cm³/mol. The lowest BCUT2D eigenvalue weighted by Crippen LogP contribution is -2.26. The quantitative estimate of drug-likeness (QED) is 0.812. The van der Waals surface area contributed by atoms with Crippen LogP contribution in [0.2, 0.25) is 0 Å². The third-order valence-corrected chi connectivity index (χ3v) is 3.51. The van der Waals surface area contributed by atoms with Crippen molar-refractivity contribution in [3.63, 3.8) is 0 Å². The van der Waals surface area contributed by atoms with E-state index in [4.69, 9.17) is 0 Å². The fraction of sp³-hybridized carbons (Fsp3) is 0.133. The molecule has 0 heterocycles. The zero-order valence-electron chi connectivity index (χ0n) is 10.7. The fourth-order valence-electron chi connectivity index (χ4n) is 1.80. The van der Waals surface area contributed by atoms with E-state index in [-0.39, 0.29) is 11.7 Å². The van der Waals surface area contributed by atoms with Crippen LogP contribution >= 0.6 is 15.9 Å². The maximum absolute atomic E-state index is 13.0. The average Bonchev–Trinajstić information content (AvgIpc) is 2.37. The van der Waals surface area contributed by atoms with Crippen molar-refractivity contribution in [3.05, 3.63) is 63.9 Å². The summed E-state index contributed by atoms with van der Waals surface area (Å²) in [6.45, 7) is 1.97. The van der Waals surface area contributed by atoms with Gasteiger partial charge in [-0.05, 0) is 58.7 Å². The van der Waals surface area contributed by atoms with Crippen LogP contribution in [0.5, 0.6) is 0 Å². The van der Waals surface area contributed by atoms with Crippen LogP contribution in [0.25, 0.3) is 0 Å². The highest BCUT2D eigenvalue weighted by atomic mass is 79.9. The van der Waals surface area contributed by atoms with Crippen LogP contribution in [-0.4, -0.2) is 13.0 Å². The van der Waals surface area contributed by atoms with E-state index in [9.17, 15) is 9.18 Å². The summed E-state index contributed by atoms with van der Waals surface area (Å²) in [5, 5.41) is 0. The Hall–Kier alpha value is -1.68. The molecule has 1 amide bonds. The Bertz CT molecular complexity index is 627. The maximum atomic E-state index is 13.0. The Labute approximate surface area is 120 Å². The Balaban J connectivity index is 2.33. The van der Waals surface area contributed by atoms with Crippen molar-refractivity contribution in [3.8, 4) is 0 Å². The number of hydrogen-bond donors (Lipinski definition) is 0. The van der Waals surface area contributed by atoms with Gasteiger partial charge in [-0.3, -0.25) is 4.79 Å². The summed E-state index contributed by atoms with van der Waals surface area (Å²) in [5.41, 5.74) is 2.32. The molecule has 0 radical (unpaired) electrons. The lowest BCUT2D eigenvalue weighted by atomic mass is 10.1. The predicted octanol–water partition coefficient (Wildman–Crippen LogP) is 4.17. The summed E-state index contributed by atoms with van der Waals surface area (Å²) in [4.78, 5) is 13.9. The number of amides is 1. The molecule has 0 aliphatic rings. The second-order valence-electron chi connectivity index (χ2n) is 4.33. The van der Waals surface area contributed by atoms with E-state index >= 15 is 0 Å². The molecule has 2 aromatic rings. The van der Waals surface area contributed by atoms with Gasteiger partial charge in [-0.2, -0.15) is 0 Å². The van der Waals surface area contributed by atoms with E-state index in [0.29, 0.717) is 10.0 Å². The molecule has 0 aromatic heterocycles. The van der Waals surface area contributed by atoms with Crippen molar-refractivity contribution < 1.29 is 9.18 Å². The summed E-state index contributed by atoms with van der Waals surface area (Å²) in [5.74, 6) is -0.556. The van der Waals surface area contributed by atoms with Crippen molar-refractivity contribution in [1.29, 1.82) is 0 Å². The van der Waals surface area contributed by atoms with Crippen LogP contribution in [-0.2, 0) is 0 Å². The van der Waals surface area contributed by atoms with Crippen LogP contribution in [0.15, 0.2) is 46.9 Å². The van der Waals surface area contributed by atoms with Gasteiger partial charge in [0, 0.05) is 17.2 Å². The highest BCUT2D eigenvalue weighted by molar-refractivity contribution is 9.10. The minimum Gasteiger partial charge on any atom is -0.311 e. The molecule has 0 N–H and O–H groups in total. The monoisotopic (exact) mass is 321 g/mol. The zero-order valence-corrected chi connectivity index (χ0v) is 12.2. The number of nitrogens with zero attached hydrogens (tertiary/aromatic N) is 1. The summed E-state index contributed by atoms with van der Waals surface area (Å²) in [7, 11) is 1.70. The smallest absolute Gasteiger partial charge is 0.259 e. The Kier molecular flexibility index (Phi) is 4.00. The second-order valence-corrected chi connectivity index (χ2v) is 5.18. The molecule has 0 spiro atoms. The molecule has 0 atom stereocenters. The molecule has 2 rings (SSSR count). The van der Waals surface area contributed by atoms with E-state index in [0.717, 1.165) is 11.3 Å². The minimum absolute atomic E-state index is 0.183. The molecule has 0 unspecified atom stereocenters. The van der Waals surface area contributed by atoms with E-state index in [1.54, 1.807) is 11.9 Å². The fourth-order valence-corrected chi connectivity index (χ4v) is 2.32. The normalized spacial score (nSPS) is 10.3. The van der Waals surface area contributed by atoms with Crippen molar-refractivity contribution in [2.75, 3.05) is 11.9 Å². The van der Waals surface area contributed by atoms with Gasteiger partial charge in [0.1, 0.15) is 5.82 Å². The second kappa shape index (κ2) is 5.53. The molecule has 2 nitrogen and oxygen atoms in total. The first-order valence-corrected chi connectivity index (χ1v) is 6.58. The van der Waals surface area contributed by atoms with Crippen molar-refractivity contribution in [2.24, 2.45) is 0 Å². The first-order chi connectivity index (χ1) is 8.99. The minimum atomic E-state index is -0.373. The van der Waals surface area contributed by atoms with Gasteiger partial charge in [0.05, 0.1) is 5.56 Å². The molecule has 0 saturated carbocycles. The van der Waals surface area contributed by atoms with E-state index in [1.165, 1.54) is 18.2 Å². The number of rotatable bonds is 2. The van der Waals surface area contributed by atoms with Crippen molar-refractivity contribution >= 4 is 27.5 Å². The van der Waals surface area contributed by atoms with Crippen LogP contribution in [0.1, 0.15) is 15.9 Å². The number of carbonyl (C=O) groups is 1. The average molecular weight is 322 g/mol. The molecule has 4 heteroatoms. The molecular weight excluding hydrogens is 309 g/mol. The molecular formula is C15H13BrFNO. The van der Waals surface area contributed by atoms with Gasteiger partial charge < -0.3 is 4.90 Å². The third kappa shape index (κ3) is 3.01. The Morgan fingerprint density at radius 3 is 2.58 bits per heavy atom. The van der Waals surface area contributed by atoms with Gasteiger partial charge in [-0.15, -0.1) is 0 Å². The van der Waals surface area contributed by atoms with Crippen molar-refractivity contribution in [2.45, 2.75) is 6.92 Å². The van der Waals surface area contributed by atoms with E-state index in [2.05, 4.69) is 15.9 Å². The summed E-state index contributed by atoms with van der Waals surface area (Å²) < 4.78 is 13.5. The molecule has 0 aliphatic heterocycles. The number of anilines is 1. The summed E-state index contributed by atoms with van der Waals surface area (Å²) in [6, 6.07) is 11.7. The van der Waals surface area contributed by atoms with E-state index < -0.39 is 0 Å². The third-order valence-electron chi connectivity index (χ3n) is 2.86. The topological polar surface area (TPSA) is 20.3 Å². The van der Waals surface area contributed by atoms with Crippen LogP contribution in [0, 0.1) is 12.7 Å². The SMILES string of the molecule is Cc1cccc(N(C)C(=O)c2ccc(F)cc2Br)c1. The van der Waals surface area contributed by atoms with Gasteiger partial charge in [0.25, 0.3) is 5.91 Å². The van der Waals surface area contributed by atoms with E-state index in [1.807, 2.05) is 31.2 Å². The Morgan fingerprint density at radius 2 is 1.95 bits per heavy atom. The lowest BCUT2D eigenvalue weighted by molar-refractivity contribution is 0.0992. The van der Waals surface area contributed by atoms with Gasteiger partial charge in [-0.25, -0.2) is 4.39 Å². The lowest BCUT2D eigenvalue weighted by Gasteiger charge is -2.18. The van der Waals surface area contributed by atoms with Gasteiger partial charge >= 0.3 is 0 Å². The molecule has 0 fully saturated rings. The van der Waals surface area contributed by atoms with Crippen LogP contribution in [0.3, 0.4) is 0 Å². The molecule has 98 valence electrons. The van der Waals surface area contributed by atoms with Crippen molar-refractivity contribution in [1.82, 2.24) is 0 Å². The highest BCUT2D eigenvalue weighted by Gasteiger charge is 2.16. The number of aryl methyl sites for hydroxylation is 1.